The third-order valence-corrected chi connectivity index (χ3v) is 4.89. The molecule has 1 aromatic carbocycles. The highest BCUT2D eigenvalue weighted by Crippen LogP contribution is 2.44. The minimum absolute atomic E-state index is 0.622. The zero-order valence-electron chi connectivity index (χ0n) is 11.5. The van der Waals surface area contributed by atoms with Gasteiger partial charge in [0.25, 0.3) is 0 Å². The van der Waals surface area contributed by atoms with Gasteiger partial charge >= 0.3 is 0 Å². The summed E-state index contributed by atoms with van der Waals surface area (Å²) >= 11 is 5.41. The van der Waals surface area contributed by atoms with Gasteiger partial charge in [0.05, 0.1) is 0 Å². The third-order valence-electron chi connectivity index (χ3n) is 4.63. The van der Waals surface area contributed by atoms with Crippen molar-refractivity contribution in [3.63, 3.8) is 0 Å². The molecule has 3 rings (SSSR count). The van der Waals surface area contributed by atoms with Gasteiger partial charge in [-0.2, -0.15) is 0 Å². The maximum Gasteiger partial charge on any atom is 0.166 e. The molecule has 0 heterocycles. The quantitative estimate of drug-likeness (QED) is 0.828. The summed E-state index contributed by atoms with van der Waals surface area (Å²) in [6.45, 7) is 2.92. The Bertz CT molecular complexity index is 454. The Morgan fingerprint density at radius 2 is 2.00 bits per heavy atom. The maximum atomic E-state index is 5.41. The second kappa shape index (κ2) is 5.49. The number of thiocarbonyl (C=S) groups is 1. The van der Waals surface area contributed by atoms with Crippen LogP contribution in [0.4, 0.5) is 0 Å². The number of fused-ring (bicyclic) bond motifs is 2. The van der Waals surface area contributed by atoms with E-state index in [-0.39, 0.29) is 0 Å². The molecule has 0 aliphatic heterocycles. The van der Waals surface area contributed by atoms with Crippen LogP contribution in [0.15, 0.2) is 24.3 Å². The number of rotatable bonds is 3. The minimum atomic E-state index is 0.622. The second-order valence-corrected chi connectivity index (χ2v) is 6.50. The highest BCUT2D eigenvalue weighted by molar-refractivity contribution is 7.80. The smallest absolute Gasteiger partial charge is 0.166 e. The van der Waals surface area contributed by atoms with Gasteiger partial charge in [-0.25, -0.2) is 0 Å². The Balaban J connectivity index is 1.45. The first kappa shape index (κ1) is 12.9. The minimum Gasteiger partial charge on any atom is -0.360 e. The van der Waals surface area contributed by atoms with Gasteiger partial charge in [0, 0.05) is 12.6 Å². The summed E-state index contributed by atoms with van der Waals surface area (Å²) in [6.07, 6.45) is 5.56. The monoisotopic (exact) mass is 274 g/mol. The molecule has 0 saturated heterocycles. The van der Waals surface area contributed by atoms with E-state index in [2.05, 4.69) is 41.8 Å². The third kappa shape index (κ3) is 3.08. The number of benzene rings is 1. The van der Waals surface area contributed by atoms with Gasteiger partial charge in [0.2, 0.25) is 0 Å². The predicted molar refractivity (Wildman–Crippen MR) is 83.0 cm³/mol. The molecule has 0 radical (unpaired) electrons. The van der Waals surface area contributed by atoms with Crippen LogP contribution in [0.3, 0.4) is 0 Å². The summed E-state index contributed by atoms with van der Waals surface area (Å²) in [5, 5.41) is 7.66. The SMILES string of the molecule is Cc1ccc(CNC(=S)N[C@H]2C[C@H]3CC[C@@H]2C3)cc1. The van der Waals surface area contributed by atoms with Crippen LogP contribution >= 0.6 is 12.2 Å². The average Bonchev–Trinajstić information content (AvgIpc) is 3.00. The number of nitrogens with one attached hydrogen (secondary N) is 2. The molecule has 19 heavy (non-hydrogen) atoms. The van der Waals surface area contributed by atoms with Gasteiger partial charge < -0.3 is 10.6 Å². The number of hydrogen-bond acceptors (Lipinski definition) is 1. The van der Waals surface area contributed by atoms with Crippen LogP contribution in [0.2, 0.25) is 0 Å². The lowest BCUT2D eigenvalue weighted by Gasteiger charge is -2.24. The summed E-state index contributed by atoms with van der Waals surface area (Å²) in [6, 6.07) is 9.22. The summed E-state index contributed by atoms with van der Waals surface area (Å²) in [5.74, 6) is 1.83. The molecule has 2 saturated carbocycles. The predicted octanol–water partition coefficient (Wildman–Crippen LogP) is 3.15. The lowest BCUT2D eigenvalue weighted by Crippen LogP contribution is -2.43. The lowest BCUT2D eigenvalue weighted by molar-refractivity contribution is 0.389. The summed E-state index contributed by atoms with van der Waals surface area (Å²) < 4.78 is 0. The first-order chi connectivity index (χ1) is 9.20. The fourth-order valence-electron chi connectivity index (χ4n) is 3.53. The van der Waals surface area contributed by atoms with Crippen molar-refractivity contribution in [2.24, 2.45) is 11.8 Å². The van der Waals surface area contributed by atoms with Gasteiger partial charge in [-0.3, -0.25) is 0 Å². The molecule has 2 aliphatic carbocycles. The van der Waals surface area contributed by atoms with Gasteiger partial charge in [0.15, 0.2) is 5.11 Å². The van der Waals surface area contributed by atoms with E-state index in [1.807, 2.05) is 0 Å². The van der Waals surface area contributed by atoms with Gasteiger partial charge in [-0.1, -0.05) is 36.2 Å². The van der Waals surface area contributed by atoms with Crippen molar-refractivity contribution >= 4 is 17.3 Å². The number of hydrogen-bond donors (Lipinski definition) is 2. The zero-order chi connectivity index (χ0) is 13.2. The molecule has 0 aromatic heterocycles. The Hall–Kier alpha value is -1.09. The van der Waals surface area contributed by atoms with Crippen molar-refractivity contribution < 1.29 is 0 Å². The zero-order valence-corrected chi connectivity index (χ0v) is 12.3. The largest absolute Gasteiger partial charge is 0.360 e. The van der Waals surface area contributed by atoms with E-state index in [4.69, 9.17) is 12.2 Å². The fourth-order valence-corrected chi connectivity index (χ4v) is 3.75. The van der Waals surface area contributed by atoms with E-state index in [1.54, 1.807) is 0 Å². The van der Waals surface area contributed by atoms with Gasteiger partial charge in [-0.15, -0.1) is 0 Å². The van der Waals surface area contributed by atoms with Crippen molar-refractivity contribution in [2.75, 3.05) is 0 Å². The van der Waals surface area contributed by atoms with Crippen LogP contribution in [0.25, 0.3) is 0 Å². The summed E-state index contributed by atoms with van der Waals surface area (Å²) in [4.78, 5) is 0. The molecule has 2 nitrogen and oxygen atoms in total. The van der Waals surface area contributed by atoms with Crippen molar-refractivity contribution in [3.05, 3.63) is 35.4 Å². The van der Waals surface area contributed by atoms with Crippen LogP contribution in [0, 0.1) is 18.8 Å². The maximum absolute atomic E-state index is 5.41. The molecule has 3 heteroatoms. The van der Waals surface area contributed by atoms with E-state index >= 15 is 0 Å². The standard InChI is InChI=1S/C16H22N2S/c1-11-2-4-12(5-3-11)10-17-16(19)18-15-9-13-6-7-14(15)8-13/h2-5,13-15H,6-10H2,1H3,(H2,17,18,19)/t13-,14+,15-/m0/s1. The summed E-state index contributed by atoms with van der Waals surface area (Å²) in [7, 11) is 0. The molecule has 0 spiro atoms. The van der Waals surface area contributed by atoms with Gasteiger partial charge in [0.1, 0.15) is 0 Å². The van der Waals surface area contributed by atoms with Crippen LogP contribution in [-0.2, 0) is 6.54 Å². The van der Waals surface area contributed by atoms with E-state index in [0.29, 0.717) is 6.04 Å². The molecule has 2 aliphatic rings. The van der Waals surface area contributed by atoms with Crippen molar-refractivity contribution in [1.82, 2.24) is 10.6 Å². The Labute approximate surface area is 121 Å². The van der Waals surface area contributed by atoms with E-state index < -0.39 is 0 Å². The molecular formula is C16H22N2S. The summed E-state index contributed by atoms with van der Waals surface area (Å²) in [5.41, 5.74) is 2.58. The molecule has 102 valence electrons. The van der Waals surface area contributed by atoms with E-state index in [1.165, 1.54) is 36.8 Å². The average molecular weight is 274 g/mol. The molecule has 2 fully saturated rings. The van der Waals surface area contributed by atoms with E-state index in [9.17, 15) is 0 Å². The lowest BCUT2D eigenvalue weighted by atomic mass is 9.96. The molecule has 0 unspecified atom stereocenters. The van der Waals surface area contributed by atoms with Crippen molar-refractivity contribution in [2.45, 2.75) is 45.2 Å². The first-order valence-electron chi connectivity index (χ1n) is 7.30. The van der Waals surface area contributed by atoms with Crippen LogP contribution in [0.1, 0.15) is 36.8 Å². The second-order valence-electron chi connectivity index (χ2n) is 6.09. The Kier molecular flexibility index (Phi) is 3.74. The van der Waals surface area contributed by atoms with Gasteiger partial charge in [-0.05, 0) is 55.8 Å². The molecule has 2 N–H and O–H groups in total. The van der Waals surface area contributed by atoms with Crippen LogP contribution in [0.5, 0.6) is 0 Å². The molecule has 0 amide bonds. The highest BCUT2D eigenvalue weighted by atomic mass is 32.1. The fraction of sp³-hybridized carbons (Fsp3) is 0.562. The topological polar surface area (TPSA) is 24.1 Å². The Morgan fingerprint density at radius 1 is 1.21 bits per heavy atom. The van der Waals surface area contributed by atoms with Crippen LogP contribution < -0.4 is 10.6 Å². The molecule has 1 aromatic rings. The first-order valence-corrected chi connectivity index (χ1v) is 7.71. The van der Waals surface area contributed by atoms with E-state index in [0.717, 1.165) is 23.5 Å². The number of aryl methyl sites for hydroxylation is 1. The molecule has 2 bridgehead atoms. The Morgan fingerprint density at radius 3 is 2.63 bits per heavy atom. The normalized spacial score (nSPS) is 28.4. The molecular weight excluding hydrogens is 252 g/mol. The van der Waals surface area contributed by atoms with Crippen molar-refractivity contribution in [3.8, 4) is 0 Å². The molecule has 3 atom stereocenters. The van der Waals surface area contributed by atoms with Crippen molar-refractivity contribution in [1.29, 1.82) is 0 Å². The highest BCUT2D eigenvalue weighted by Gasteiger charge is 2.39. The van der Waals surface area contributed by atoms with Crippen LogP contribution in [-0.4, -0.2) is 11.2 Å².